The van der Waals surface area contributed by atoms with Crippen LogP contribution in [0.25, 0.3) is 10.8 Å². The molecule has 0 saturated carbocycles. The number of anilines is 1. The zero-order chi connectivity index (χ0) is 22.3. The summed E-state index contributed by atoms with van der Waals surface area (Å²) in [5.41, 5.74) is 1.52. The number of benzene rings is 3. The van der Waals surface area contributed by atoms with E-state index in [-0.39, 0.29) is 25.0 Å². The van der Waals surface area contributed by atoms with Crippen LogP contribution in [0.4, 0.5) is 5.69 Å². The molecule has 7 nitrogen and oxygen atoms in total. The van der Waals surface area contributed by atoms with E-state index in [1.807, 2.05) is 54.6 Å². The van der Waals surface area contributed by atoms with Gasteiger partial charge in [0.15, 0.2) is 6.61 Å². The van der Waals surface area contributed by atoms with Crippen LogP contribution in [-0.2, 0) is 22.7 Å². The van der Waals surface area contributed by atoms with Crippen molar-refractivity contribution in [3.63, 3.8) is 0 Å². The van der Waals surface area contributed by atoms with Crippen LogP contribution >= 0.6 is 15.9 Å². The fraction of sp³-hybridized carbons (Fsp3) is 0.125. The van der Waals surface area contributed by atoms with Crippen LogP contribution in [0, 0.1) is 0 Å². The summed E-state index contributed by atoms with van der Waals surface area (Å²) < 4.78 is 8.07. The van der Waals surface area contributed by atoms with Crippen LogP contribution in [0.15, 0.2) is 83.6 Å². The van der Waals surface area contributed by atoms with Crippen LogP contribution in [0.2, 0.25) is 0 Å². The maximum absolute atomic E-state index is 12.3. The second-order valence-electron chi connectivity index (χ2n) is 7.12. The van der Waals surface area contributed by atoms with E-state index in [1.54, 1.807) is 29.2 Å². The number of rotatable bonds is 8. The molecule has 8 heteroatoms. The van der Waals surface area contributed by atoms with Crippen molar-refractivity contribution in [3.8, 4) is 5.75 Å². The average Bonchev–Trinajstić information content (AvgIpc) is 3.30. The van der Waals surface area contributed by atoms with Gasteiger partial charge in [0.1, 0.15) is 12.3 Å². The molecule has 0 bridgehead atoms. The first kappa shape index (κ1) is 21.6. The summed E-state index contributed by atoms with van der Waals surface area (Å²) in [6.45, 7) is 0.358. The van der Waals surface area contributed by atoms with E-state index in [4.69, 9.17) is 4.74 Å². The van der Waals surface area contributed by atoms with Crippen molar-refractivity contribution < 1.29 is 14.3 Å². The van der Waals surface area contributed by atoms with Gasteiger partial charge in [-0.1, -0.05) is 42.5 Å². The SMILES string of the molecule is O=C(COc1ccc2ccccc2c1Br)NCc1cccc(NC(=O)Cn2cccn2)c1. The third-order valence-corrected chi connectivity index (χ3v) is 5.57. The van der Waals surface area contributed by atoms with Crippen LogP contribution in [0.1, 0.15) is 5.56 Å². The molecule has 2 amide bonds. The normalized spacial score (nSPS) is 10.7. The Balaban J connectivity index is 1.28. The standard InChI is InChI=1S/C24H21BrN4O3/c25-24-20-8-2-1-6-18(20)9-10-21(24)32-16-23(31)26-14-17-5-3-7-19(13-17)28-22(30)15-29-12-4-11-27-29/h1-13H,14-16H2,(H,26,31)(H,28,30). The smallest absolute Gasteiger partial charge is 0.258 e. The fourth-order valence-electron chi connectivity index (χ4n) is 3.22. The van der Waals surface area contributed by atoms with E-state index in [2.05, 4.69) is 31.7 Å². The molecule has 0 spiro atoms. The molecule has 0 fully saturated rings. The molecule has 0 aliphatic heterocycles. The number of fused-ring (bicyclic) bond motifs is 1. The van der Waals surface area contributed by atoms with Gasteiger partial charge in [-0.3, -0.25) is 14.3 Å². The summed E-state index contributed by atoms with van der Waals surface area (Å²) in [4.78, 5) is 24.4. The largest absolute Gasteiger partial charge is 0.483 e. The molecule has 0 saturated heterocycles. The van der Waals surface area contributed by atoms with Gasteiger partial charge in [-0.25, -0.2) is 0 Å². The highest BCUT2D eigenvalue weighted by molar-refractivity contribution is 9.10. The second kappa shape index (κ2) is 10.1. The van der Waals surface area contributed by atoms with Gasteiger partial charge in [0, 0.05) is 24.6 Å². The van der Waals surface area contributed by atoms with Crippen molar-refractivity contribution in [2.24, 2.45) is 0 Å². The van der Waals surface area contributed by atoms with E-state index in [0.29, 0.717) is 18.0 Å². The molecule has 162 valence electrons. The van der Waals surface area contributed by atoms with Crippen LogP contribution in [-0.4, -0.2) is 28.2 Å². The molecule has 3 aromatic carbocycles. The Kier molecular flexibility index (Phi) is 6.81. The van der Waals surface area contributed by atoms with Crippen molar-refractivity contribution in [2.75, 3.05) is 11.9 Å². The van der Waals surface area contributed by atoms with E-state index < -0.39 is 0 Å². The lowest BCUT2D eigenvalue weighted by Crippen LogP contribution is -2.28. The summed E-state index contributed by atoms with van der Waals surface area (Å²) in [7, 11) is 0. The summed E-state index contributed by atoms with van der Waals surface area (Å²) >= 11 is 3.56. The lowest BCUT2D eigenvalue weighted by Gasteiger charge is -2.11. The van der Waals surface area contributed by atoms with E-state index in [9.17, 15) is 9.59 Å². The maximum atomic E-state index is 12.3. The maximum Gasteiger partial charge on any atom is 0.258 e. The number of nitrogens with one attached hydrogen (secondary N) is 2. The highest BCUT2D eigenvalue weighted by Crippen LogP contribution is 2.32. The van der Waals surface area contributed by atoms with Crippen molar-refractivity contribution in [3.05, 3.63) is 89.2 Å². The van der Waals surface area contributed by atoms with Crippen LogP contribution in [0.3, 0.4) is 0 Å². The Morgan fingerprint density at radius 3 is 2.72 bits per heavy atom. The second-order valence-corrected chi connectivity index (χ2v) is 7.91. The van der Waals surface area contributed by atoms with Crippen molar-refractivity contribution in [2.45, 2.75) is 13.1 Å². The predicted molar refractivity (Wildman–Crippen MR) is 126 cm³/mol. The van der Waals surface area contributed by atoms with Crippen LogP contribution in [0.5, 0.6) is 5.75 Å². The summed E-state index contributed by atoms with van der Waals surface area (Å²) in [6.07, 6.45) is 3.35. The first-order valence-corrected chi connectivity index (χ1v) is 10.8. The van der Waals surface area contributed by atoms with Crippen molar-refractivity contribution in [1.82, 2.24) is 15.1 Å². The number of nitrogens with zero attached hydrogens (tertiary/aromatic N) is 2. The molecule has 0 aliphatic carbocycles. The molecule has 0 atom stereocenters. The number of carbonyl (C=O) groups excluding carboxylic acids is 2. The van der Waals surface area contributed by atoms with Crippen molar-refractivity contribution >= 4 is 44.2 Å². The molecular formula is C24H21BrN4O3. The molecule has 32 heavy (non-hydrogen) atoms. The molecular weight excluding hydrogens is 472 g/mol. The Labute approximate surface area is 193 Å². The number of hydrogen-bond acceptors (Lipinski definition) is 4. The van der Waals surface area contributed by atoms with Gasteiger partial charge in [-0.15, -0.1) is 0 Å². The molecule has 1 heterocycles. The lowest BCUT2D eigenvalue weighted by molar-refractivity contribution is -0.123. The van der Waals surface area contributed by atoms with Gasteiger partial charge < -0.3 is 15.4 Å². The van der Waals surface area contributed by atoms with Gasteiger partial charge in [-0.05, 0) is 56.5 Å². The van der Waals surface area contributed by atoms with Gasteiger partial charge in [0.05, 0.1) is 4.47 Å². The first-order valence-electron chi connectivity index (χ1n) is 10.0. The molecule has 1 aromatic heterocycles. The molecule has 2 N–H and O–H groups in total. The highest BCUT2D eigenvalue weighted by atomic mass is 79.9. The minimum atomic E-state index is -0.238. The Morgan fingerprint density at radius 1 is 1.00 bits per heavy atom. The summed E-state index contributed by atoms with van der Waals surface area (Å²) in [5.74, 6) is 0.197. The monoisotopic (exact) mass is 492 g/mol. The molecule has 4 aromatic rings. The van der Waals surface area contributed by atoms with E-state index in [0.717, 1.165) is 20.8 Å². The summed E-state index contributed by atoms with van der Waals surface area (Å²) in [6, 6.07) is 20.8. The zero-order valence-corrected chi connectivity index (χ0v) is 18.7. The highest BCUT2D eigenvalue weighted by Gasteiger charge is 2.09. The third kappa shape index (κ3) is 5.53. The van der Waals surface area contributed by atoms with Gasteiger partial charge in [0.2, 0.25) is 5.91 Å². The van der Waals surface area contributed by atoms with Gasteiger partial charge >= 0.3 is 0 Å². The quantitative estimate of drug-likeness (QED) is 0.387. The molecule has 4 rings (SSSR count). The number of aromatic nitrogens is 2. The average molecular weight is 493 g/mol. The van der Waals surface area contributed by atoms with Gasteiger partial charge in [0.25, 0.3) is 5.91 Å². The number of halogens is 1. The van der Waals surface area contributed by atoms with E-state index in [1.165, 1.54) is 0 Å². The van der Waals surface area contributed by atoms with Crippen molar-refractivity contribution in [1.29, 1.82) is 0 Å². The molecule has 0 aliphatic rings. The van der Waals surface area contributed by atoms with Crippen LogP contribution < -0.4 is 15.4 Å². The predicted octanol–water partition coefficient (Wildman–Crippen LogP) is 4.13. The third-order valence-electron chi connectivity index (χ3n) is 4.75. The summed E-state index contributed by atoms with van der Waals surface area (Å²) in [5, 5.41) is 11.8. The Hall–Kier alpha value is -3.65. The fourth-order valence-corrected chi connectivity index (χ4v) is 3.83. The number of hydrogen-bond donors (Lipinski definition) is 2. The number of amides is 2. The van der Waals surface area contributed by atoms with Gasteiger partial charge in [-0.2, -0.15) is 5.10 Å². The zero-order valence-electron chi connectivity index (χ0n) is 17.1. The van der Waals surface area contributed by atoms with E-state index >= 15 is 0 Å². The lowest BCUT2D eigenvalue weighted by atomic mass is 10.1. The molecule has 0 unspecified atom stereocenters. The minimum Gasteiger partial charge on any atom is -0.483 e. The number of ether oxygens (including phenoxy) is 1. The topological polar surface area (TPSA) is 85.3 Å². The molecule has 0 radical (unpaired) electrons. The first-order chi connectivity index (χ1) is 15.6. The number of carbonyl (C=O) groups is 2. The minimum absolute atomic E-state index is 0.1000. The Bertz CT molecular complexity index is 1240. The Morgan fingerprint density at radius 2 is 1.88 bits per heavy atom.